The number of aryl methyl sites for hydroxylation is 1. The number of amides is 1. The normalized spacial score (nSPS) is 11.4. The molecule has 0 fully saturated rings. The lowest BCUT2D eigenvalue weighted by Gasteiger charge is -2.25. The summed E-state index contributed by atoms with van der Waals surface area (Å²) in [5, 5.41) is 3.01. The van der Waals surface area contributed by atoms with Gasteiger partial charge in [0.1, 0.15) is 0 Å². The quantitative estimate of drug-likeness (QED) is 0.800. The van der Waals surface area contributed by atoms with E-state index in [1.165, 1.54) is 0 Å². The Labute approximate surface area is 116 Å². The zero-order chi connectivity index (χ0) is 14.6. The number of rotatable bonds is 5. The third-order valence-electron chi connectivity index (χ3n) is 3.75. The maximum atomic E-state index is 12.1. The first-order valence-electron chi connectivity index (χ1n) is 6.97. The Hall–Kier alpha value is -1.51. The molecule has 1 amide bonds. The third kappa shape index (κ3) is 4.27. The summed E-state index contributed by atoms with van der Waals surface area (Å²) in [6, 6.07) is 5.44. The first kappa shape index (κ1) is 15.5. The summed E-state index contributed by atoms with van der Waals surface area (Å²) in [5.74, 6) is 1.57. The largest absolute Gasteiger partial charge is 0.398 e. The van der Waals surface area contributed by atoms with Crippen molar-refractivity contribution in [2.24, 2.45) is 17.8 Å². The van der Waals surface area contributed by atoms with Gasteiger partial charge in [-0.15, -0.1) is 0 Å². The molecule has 1 rings (SSSR count). The van der Waals surface area contributed by atoms with E-state index in [2.05, 4.69) is 33.0 Å². The van der Waals surface area contributed by atoms with Gasteiger partial charge in [-0.1, -0.05) is 33.8 Å². The van der Waals surface area contributed by atoms with Crippen LogP contribution in [0, 0.1) is 24.7 Å². The van der Waals surface area contributed by atoms with Crippen LogP contribution in [0.2, 0.25) is 0 Å². The Balaban J connectivity index is 2.66. The lowest BCUT2D eigenvalue weighted by atomic mass is 9.85. The van der Waals surface area contributed by atoms with Crippen LogP contribution in [0.4, 0.5) is 5.69 Å². The van der Waals surface area contributed by atoms with E-state index < -0.39 is 0 Å². The average molecular weight is 262 g/mol. The molecular formula is C16H26N2O. The molecule has 0 saturated carbocycles. The van der Waals surface area contributed by atoms with E-state index in [4.69, 9.17) is 5.73 Å². The number of nitrogens with two attached hydrogens (primary N) is 1. The molecule has 0 atom stereocenters. The first-order chi connectivity index (χ1) is 8.82. The van der Waals surface area contributed by atoms with Crippen LogP contribution in [-0.4, -0.2) is 12.5 Å². The van der Waals surface area contributed by atoms with Crippen LogP contribution >= 0.6 is 0 Å². The van der Waals surface area contributed by atoms with Crippen LogP contribution in [0.3, 0.4) is 0 Å². The van der Waals surface area contributed by atoms with Gasteiger partial charge in [0.2, 0.25) is 0 Å². The van der Waals surface area contributed by atoms with Crippen molar-refractivity contribution in [1.82, 2.24) is 5.32 Å². The van der Waals surface area contributed by atoms with Crippen molar-refractivity contribution in [3.05, 3.63) is 29.3 Å². The van der Waals surface area contributed by atoms with Gasteiger partial charge in [0.15, 0.2) is 0 Å². The number of nitrogen functional groups attached to an aromatic ring is 1. The van der Waals surface area contributed by atoms with Gasteiger partial charge < -0.3 is 11.1 Å². The van der Waals surface area contributed by atoms with Crippen LogP contribution < -0.4 is 11.1 Å². The number of hydrogen-bond donors (Lipinski definition) is 2. The van der Waals surface area contributed by atoms with E-state index in [1.54, 1.807) is 6.07 Å². The minimum absolute atomic E-state index is 0.0435. The van der Waals surface area contributed by atoms with Gasteiger partial charge in [-0.2, -0.15) is 0 Å². The molecule has 0 saturated heterocycles. The van der Waals surface area contributed by atoms with Gasteiger partial charge in [0.05, 0.1) is 0 Å². The Bertz CT molecular complexity index is 430. The van der Waals surface area contributed by atoms with Crippen molar-refractivity contribution < 1.29 is 4.79 Å². The number of benzene rings is 1. The van der Waals surface area contributed by atoms with Crippen molar-refractivity contribution in [3.8, 4) is 0 Å². The van der Waals surface area contributed by atoms with Gasteiger partial charge >= 0.3 is 0 Å². The summed E-state index contributed by atoms with van der Waals surface area (Å²) in [4.78, 5) is 12.1. The van der Waals surface area contributed by atoms with E-state index in [-0.39, 0.29) is 5.91 Å². The highest BCUT2D eigenvalue weighted by Gasteiger charge is 2.18. The summed E-state index contributed by atoms with van der Waals surface area (Å²) in [7, 11) is 0. The lowest BCUT2D eigenvalue weighted by molar-refractivity contribution is 0.0937. The predicted octanol–water partition coefficient (Wildman–Crippen LogP) is 3.24. The Morgan fingerprint density at radius 3 is 2.26 bits per heavy atom. The van der Waals surface area contributed by atoms with Crippen LogP contribution in [0.15, 0.2) is 18.2 Å². The molecule has 0 aromatic heterocycles. The third-order valence-corrected chi connectivity index (χ3v) is 3.75. The van der Waals surface area contributed by atoms with Crippen molar-refractivity contribution in [1.29, 1.82) is 0 Å². The van der Waals surface area contributed by atoms with E-state index in [0.29, 0.717) is 35.5 Å². The van der Waals surface area contributed by atoms with E-state index in [9.17, 15) is 4.79 Å². The molecule has 3 heteroatoms. The van der Waals surface area contributed by atoms with Gasteiger partial charge in [-0.25, -0.2) is 0 Å². The number of nitrogens with one attached hydrogen (secondary N) is 1. The molecule has 3 N–H and O–H groups in total. The van der Waals surface area contributed by atoms with Crippen LogP contribution in [-0.2, 0) is 0 Å². The monoisotopic (exact) mass is 262 g/mol. The molecule has 0 radical (unpaired) electrons. The van der Waals surface area contributed by atoms with E-state index >= 15 is 0 Å². The molecule has 0 heterocycles. The zero-order valence-electron chi connectivity index (χ0n) is 12.7. The van der Waals surface area contributed by atoms with Crippen LogP contribution in [0.5, 0.6) is 0 Å². The van der Waals surface area contributed by atoms with Crippen molar-refractivity contribution in [3.63, 3.8) is 0 Å². The Morgan fingerprint density at radius 1 is 1.21 bits per heavy atom. The van der Waals surface area contributed by atoms with Gasteiger partial charge in [0.25, 0.3) is 5.91 Å². The number of anilines is 1. The molecule has 0 aliphatic carbocycles. The number of hydrogen-bond acceptors (Lipinski definition) is 2. The SMILES string of the molecule is Cc1ccc(C(=O)NCC(C(C)C)C(C)C)cc1N. The fourth-order valence-electron chi connectivity index (χ4n) is 2.34. The Kier molecular flexibility index (Phi) is 5.40. The molecule has 19 heavy (non-hydrogen) atoms. The molecule has 0 aliphatic heterocycles. The fraction of sp³-hybridized carbons (Fsp3) is 0.562. The van der Waals surface area contributed by atoms with Crippen LogP contribution in [0.25, 0.3) is 0 Å². The molecule has 0 spiro atoms. The average Bonchev–Trinajstić information content (AvgIpc) is 2.31. The molecule has 0 bridgehead atoms. The molecule has 1 aromatic carbocycles. The Morgan fingerprint density at radius 2 is 1.79 bits per heavy atom. The van der Waals surface area contributed by atoms with Gasteiger partial charge in [-0.05, 0) is 42.4 Å². The molecule has 1 aromatic rings. The minimum Gasteiger partial charge on any atom is -0.398 e. The maximum Gasteiger partial charge on any atom is 0.251 e. The zero-order valence-corrected chi connectivity index (χ0v) is 12.7. The van der Waals surface area contributed by atoms with Crippen molar-refractivity contribution >= 4 is 11.6 Å². The highest BCUT2D eigenvalue weighted by atomic mass is 16.1. The van der Waals surface area contributed by atoms with E-state index in [1.807, 2.05) is 19.1 Å². The van der Waals surface area contributed by atoms with Crippen molar-refractivity contribution in [2.75, 3.05) is 12.3 Å². The van der Waals surface area contributed by atoms with E-state index in [0.717, 1.165) is 5.56 Å². The summed E-state index contributed by atoms with van der Waals surface area (Å²) in [6.45, 7) is 11.4. The molecule has 0 aliphatic rings. The standard InChI is InChI=1S/C16H26N2O/c1-10(2)14(11(3)4)9-18-16(19)13-7-6-12(5)15(17)8-13/h6-8,10-11,14H,9,17H2,1-5H3,(H,18,19). The summed E-state index contributed by atoms with van der Waals surface area (Å²) in [5.41, 5.74) is 8.13. The topological polar surface area (TPSA) is 55.1 Å². The first-order valence-corrected chi connectivity index (χ1v) is 6.97. The summed E-state index contributed by atoms with van der Waals surface area (Å²) >= 11 is 0. The molecule has 3 nitrogen and oxygen atoms in total. The second kappa shape index (κ2) is 6.60. The lowest BCUT2D eigenvalue weighted by Crippen LogP contribution is -2.33. The summed E-state index contributed by atoms with van der Waals surface area (Å²) < 4.78 is 0. The molecule has 0 unspecified atom stereocenters. The smallest absolute Gasteiger partial charge is 0.251 e. The second-order valence-electron chi connectivity index (χ2n) is 5.93. The number of carbonyl (C=O) groups excluding carboxylic acids is 1. The molecular weight excluding hydrogens is 236 g/mol. The van der Waals surface area contributed by atoms with Gasteiger partial charge in [0, 0.05) is 17.8 Å². The van der Waals surface area contributed by atoms with Crippen molar-refractivity contribution in [2.45, 2.75) is 34.6 Å². The maximum absolute atomic E-state index is 12.1. The van der Waals surface area contributed by atoms with Crippen LogP contribution in [0.1, 0.15) is 43.6 Å². The highest BCUT2D eigenvalue weighted by Crippen LogP contribution is 2.19. The second-order valence-corrected chi connectivity index (χ2v) is 5.93. The minimum atomic E-state index is -0.0435. The predicted molar refractivity (Wildman–Crippen MR) is 81.1 cm³/mol. The number of carbonyl (C=O) groups is 1. The molecule has 106 valence electrons. The highest BCUT2D eigenvalue weighted by molar-refractivity contribution is 5.95. The fourth-order valence-corrected chi connectivity index (χ4v) is 2.34. The van der Waals surface area contributed by atoms with Gasteiger partial charge in [-0.3, -0.25) is 4.79 Å². The summed E-state index contributed by atoms with van der Waals surface area (Å²) in [6.07, 6.45) is 0.